The number of hydrogen-bond acceptors (Lipinski definition) is 5. The van der Waals surface area contributed by atoms with Crippen LogP contribution in [-0.4, -0.2) is 38.0 Å². The van der Waals surface area contributed by atoms with E-state index in [0.717, 1.165) is 6.26 Å². The lowest BCUT2D eigenvalue weighted by molar-refractivity contribution is 0.00578. The standard InChI is InChI=1S/C12H17BClNO4S/c1-11(2)12(3,4)19-13(18-11)9-6-8(14)7-15-10(9)20(5,16)17/h6-7H,1-5H3. The molecule has 1 aliphatic rings. The highest BCUT2D eigenvalue weighted by atomic mass is 35.5. The zero-order chi connectivity index (χ0) is 15.3. The van der Waals surface area contributed by atoms with Gasteiger partial charge in [-0.2, -0.15) is 0 Å². The van der Waals surface area contributed by atoms with E-state index in [2.05, 4.69) is 4.98 Å². The van der Waals surface area contributed by atoms with Gasteiger partial charge in [-0.15, -0.1) is 0 Å². The van der Waals surface area contributed by atoms with E-state index in [9.17, 15) is 8.42 Å². The minimum absolute atomic E-state index is 0.0691. The monoisotopic (exact) mass is 317 g/mol. The smallest absolute Gasteiger partial charge is 0.399 e. The fourth-order valence-electron chi connectivity index (χ4n) is 1.89. The highest BCUT2D eigenvalue weighted by Crippen LogP contribution is 2.36. The van der Waals surface area contributed by atoms with Gasteiger partial charge in [-0.05, 0) is 33.8 Å². The van der Waals surface area contributed by atoms with Crippen LogP contribution in [0.5, 0.6) is 0 Å². The van der Waals surface area contributed by atoms with Crippen LogP contribution in [0.4, 0.5) is 0 Å². The van der Waals surface area contributed by atoms with E-state index in [1.54, 1.807) is 0 Å². The molecule has 0 N–H and O–H groups in total. The molecule has 8 heteroatoms. The number of rotatable bonds is 2. The summed E-state index contributed by atoms with van der Waals surface area (Å²) in [6, 6.07) is 1.52. The van der Waals surface area contributed by atoms with Crippen molar-refractivity contribution in [3.63, 3.8) is 0 Å². The molecule has 1 fully saturated rings. The maximum absolute atomic E-state index is 11.8. The van der Waals surface area contributed by atoms with Gasteiger partial charge in [0.05, 0.1) is 16.2 Å². The van der Waals surface area contributed by atoms with Crippen LogP contribution in [0.3, 0.4) is 0 Å². The summed E-state index contributed by atoms with van der Waals surface area (Å²) in [5, 5.41) is 0.266. The highest BCUT2D eigenvalue weighted by molar-refractivity contribution is 7.90. The molecule has 1 aliphatic heterocycles. The molecule has 1 aromatic rings. The first kappa shape index (κ1) is 15.8. The molecular weight excluding hydrogens is 300 g/mol. The van der Waals surface area contributed by atoms with Gasteiger partial charge in [-0.3, -0.25) is 0 Å². The molecule has 1 aromatic heterocycles. The predicted molar refractivity (Wildman–Crippen MR) is 78.1 cm³/mol. The normalized spacial score (nSPS) is 21.2. The molecule has 0 saturated carbocycles. The van der Waals surface area contributed by atoms with E-state index in [1.807, 2.05) is 27.7 Å². The molecule has 5 nitrogen and oxygen atoms in total. The Labute approximate surface area is 124 Å². The lowest BCUT2D eigenvalue weighted by atomic mass is 9.80. The summed E-state index contributed by atoms with van der Waals surface area (Å²) < 4.78 is 35.4. The second-order valence-electron chi connectivity index (χ2n) is 5.91. The number of sulfone groups is 1. The van der Waals surface area contributed by atoms with E-state index in [4.69, 9.17) is 20.9 Å². The third-order valence-corrected chi connectivity index (χ3v) is 4.95. The lowest BCUT2D eigenvalue weighted by Gasteiger charge is -2.32. The van der Waals surface area contributed by atoms with Gasteiger partial charge in [0.15, 0.2) is 14.9 Å². The van der Waals surface area contributed by atoms with Crippen molar-refractivity contribution in [2.75, 3.05) is 6.26 Å². The molecule has 20 heavy (non-hydrogen) atoms. The van der Waals surface area contributed by atoms with E-state index >= 15 is 0 Å². The van der Waals surface area contributed by atoms with Crippen molar-refractivity contribution in [1.29, 1.82) is 0 Å². The third-order valence-electron chi connectivity index (χ3n) is 3.70. The Morgan fingerprint density at radius 2 is 1.70 bits per heavy atom. The summed E-state index contributed by atoms with van der Waals surface area (Å²) in [7, 11) is -4.30. The summed E-state index contributed by atoms with van der Waals surface area (Å²) in [5.41, 5.74) is -0.789. The molecule has 0 amide bonds. The zero-order valence-electron chi connectivity index (χ0n) is 12.1. The predicted octanol–water partition coefficient (Wildman–Crippen LogP) is 1.44. The fraction of sp³-hybridized carbons (Fsp3) is 0.583. The van der Waals surface area contributed by atoms with Crippen LogP contribution < -0.4 is 5.46 Å². The van der Waals surface area contributed by atoms with Gasteiger partial charge in [0.25, 0.3) is 0 Å². The number of hydrogen-bond donors (Lipinski definition) is 0. The molecule has 0 aliphatic carbocycles. The van der Waals surface area contributed by atoms with Crippen molar-refractivity contribution in [3.8, 4) is 0 Å². The lowest BCUT2D eigenvalue weighted by Crippen LogP contribution is -2.41. The van der Waals surface area contributed by atoms with E-state index in [1.165, 1.54) is 12.3 Å². The van der Waals surface area contributed by atoms with Crippen molar-refractivity contribution in [3.05, 3.63) is 17.3 Å². The van der Waals surface area contributed by atoms with Crippen molar-refractivity contribution in [2.45, 2.75) is 43.9 Å². The van der Waals surface area contributed by atoms with Gasteiger partial charge in [-0.1, -0.05) is 11.6 Å². The summed E-state index contributed by atoms with van der Waals surface area (Å²) >= 11 is 5.92. The SMILES string of the molecule is CC1(C)OB(c2cc(Cl)cnc2S(C)(=O)=O)OC1(C)C. The van der Waals surface area contributed by atoms with E-state index in [-0.39, 0.29) is 5.03 Å². The van der Waals surface area contributed by atoms with E-state index < -0.39 is 28.2 Å². The van der Waals surface area contributed by atoms with Gasteiger partial charge in [0, 0.05) is 17.9 Å². The summed E-state index contributed by atoms with van der Waals surface area (Å²) in [6.45, 7) is 7.58. The molecule has 0 spiro atoms. The molecule has 110 valence electrons. The van der Waals surface area contributed by atoms with Gasteiger partial charge in [0.2, 0.25) is 0 Å². The number of pyridine rings is 1. The third kappa shape index (κ3) is 2.72. The van der Waals surface area contributed by atoms with Crippen LogP contribution in [0.1, 0.15) is 27.7 Å². The second-order valence-corrected chi connectivity index (χ2v) is 8.28. The summed E-state index contributed by atoms with van der Waals surface area (Å²) in [5.74, 6) is 0. The molecule has 0 bridgehead atoms. The van der Waals surface area contributed by atoms with Crippen LogP contribution in [-0.2, 0) is 19.1 Å². The minimum atomic E-state index is -3.49. The van der Waals surface area contributed by atoms with Gasteiger partial charge < -0.3 is 9.31 Å². The number of nitrogens with zero attached hydrogens (tertiary/aromatic N) is 1. The topological polar surface area (TPSA) is 65.5 Å². The molecule has 2 rings (SSSR count). The molecule has 0 aromatic carbocycles. The molecular formula is C12H17BClNO4S. The fourth-order valence-corrected chi connectivity index (χ4v) is 2.88. The number of halogens is 1. The average molecular weight is 318 g/mol. The molecule has 2 heterocycles. The Bertz CT molecular complexity index is 629. The van der Waals surface area contributed by atoms with Crippen LogP contribution in [0.2, 0.25) is 5.02 Å². The Balaban J connectivity index is 2.53. The first-order valence-electron chi connectivity index (χ1n) is 6.15. The number of aromatic nitrogens is 1. The van der Waals surface area contributed by atoms with Gasteiger partial charge in [0.1, 0.15) is 0 Å². The van der Waals surface area contributed by atoms with Crippen LogP contribution in [0.25, 0.3) is 0 Å². The first-order valence-corrected chi connectivity index (χ1v) is 8.42. The van der Waals surface area contributed by atoms with Crippen molar-refractivity contribution < 1.29 is 17.7 Å². The molecule has 0 atom stereocenters. The van der Waals surface area contributed by atoms with Gasteiger partial charge in [-0.25, -0.2) is 13.4 Å². The van der Waals surface area contributed by atoms with Crippen molar-refractivity contribution >= 4 is 34.0 Å². The van der Waals surface area contributed by atoms with E-state index in [0.29, 0.717) is 10.5 Å². The van der Waals surface area contributed by atoms with Crippen LogP contribution in [0, 0.1) is 0 Å². The Kier molecular flexibility index (Phi) is 3.70. The maximum atomic E-state index is 11.8. The average Bonchev–Trinajstić information content (AvgIpc) is 2.46. The van der Waals surface area contributed by atoms with Gasteiger partial charge >= 0.3 is 7.12 Å². The Morgan fingerprint density at radius 1 is 1.20 bits per heavy atom. The molecule has 1 saturated heterocycles. The molecule has 0 unspecified atom stereocenters. The Morgan fingerprint density at radius 3 is 2.15 bits per heavy atom. The minimum Gasteiger partial charge on any atom is -0.399 e. The largest absolute Gasteiger partial charge is 0.497 e. The zero-order valence-corrected chi connectivity index (χ0v) is 13.7. The van der Waals surface area contributed by atoms with Crippen molar-refractivity contribution in [1.82, 2.24) is 4.98 Å². The molecule has 0 radical (unpaired) electrons. The van der Waals surface area contributed by atoms with Crippen LogP contribution in [0.15, 0.2) is 17.3 Å². The van der Waals surface area contributed by atoms with Crippen LogP contribution >= 0.6 is 11.6 Å². The Hall–Kier alpha value is -0.625. The summed E-state index contributed by atoms with van der Waals surface area (Å²) in [4.78, 5) is 3.91. The van der Waals surface area contributed by atoms with Crippen molar-refractivity contribution in [2.24, 2.45) is 0 Å². The maximum Gasteiger partial charge on any atom is 0.497 e. The highest BCUT2D eigenvalue weighted by Gasteiger charge is 2.53. The summed E-state index contributed by atoms with van der Waals surface area (Å²) in [6.07, 6.45) is 2.39. The second kappa shape index (κ2) is 4.69. The quantitative estimate of drug-likeness (QED) is 0.772. The first-order chi connectivity index (χ1) is 8.94.